The highest BCUT2D eigenvalue weighted by molar-refractivity contribution is 7.90. The molecule has 3 aromatic rings. The van der Waals surface area contributed by atoms with Gasteiger partial charge in [0.2, 0.25) is 12.7 Å². The predicted octanol–water partition coefficient (Wildman–Crippen LogP) is 3.64. The lowest BCUT2D eigenvalue weighted by molar-refractivity contribution is -0.120. The zero-order valence-electron chi connectivity index (χ0n) is 19.5. The van der Waals surface area contributed by atoms with Crippen LogP contribution in [0.15, 0.2) is 71.6 Å². The molecule has 9 nitrogen and oxygen atoms in total. The Labute approximate surface area is 214 Å². The molecular weight excluding hydrogens is 506 g/mol. The monoisotopic (exact) mass is 529 g/mol. The van der Waals surface area contributed by atoms with E-state index in [4.69, 9.17) is 21.1 Å². The lowest BCUT2D eigenvalue weighted by Crippen LogP contribution is -2.52. The molecule has 1 aliphatic rings. The Kier molecular flexibility index (Phi) is 7.37. The van der Waals surface area contributed by atoms with Crippen LogP contribution in [0.25, 0.3) is 0 Å². The molecule has 3 amide bonds. The highest BCUT2D eigenvalue weighted by Gasteiger charge is 2.29. The fourth-order valence-corrected chi connectivity index (χ4v) is 5.14. The van der Waals surface area contributed by atoms with Crippen LogP contribution >= 0.6 is 11.6 Å². The molecule has 11 heteroatoms. The van der Waals surface area contributed by atoms with Crippen LogP contribution in [-0.4, -0.2) is 40.2 Å². The second-order valence-electron chi connectivity index (χ2n) is 8.13. The van der Waals surface area contributed by atoms with Crippen LogP contribution in [-0.2, 0) is 21.2 Å². The van der Waals surface area contributed by atoms with Crippen LogP contribution in [0.5, 0.6) is 11.5 Å². The number of rotatable bonds is 7. The Hall–Kier alpha value is -3.76. The van der Waals surface area contributed by atoms with Crippen molar-refractivity contribution in [2.75, 3.05) is 18.7 Å². The maximum atomic E-state index is 13.5. The molecule has 1 heterocycles. The van der Waals surface area contributed by atoms with Crippen molar-refractivity contribution in [2.45, 2.75) is 24.3 Å². The Bertz CT molecular complexity index is 1410. The van der Waals surface area contributed by atoms with E-state index >= 15 is 0 Å². The minimum atomic E-state index is -4.17. The zero-order chi connectivity index (χ0) is 25.9. The van der Waals surface area contributed by atoms with Crippen molar-refractivity contribution in [3.63, 3.8) is 0 Å². The summed E-state index contributed by atoms with van der Waals surface area (Å²) in [4.78, 5) is 27.6. The number of hydrogen-bond donors (Lipinski definition) is 2. The normalized spacial score (nSPS) is 13.1. The van der Waals surface area contributed by atoms with Crippen molar-refractivity contribution in [2.24, 2.45) is 0 Å². The Balaban J connectivity index is 1.57. The van der Waals surface area contributed by atoms with E-state index in [1.54, 1.807) is 74.6 Å². The second kappa shape index (κ2) is 10.5. The average Bonchev–Trinajstić information content (AvgIpc) is 3.32. The Morgan fingerprint density at radius 2 is 1.72 bits per heavy atom. The van der Waals surface area contributed by atoms with E-state index in [1.165, 1.54) is 11.0 Å². The van der Waals surface area contributed by atoms with Crippen LogP contribution in [0.1, 0.15) is 11.1 Å². The minimum absolute atomic E-state index is 0.0330. The first kappa shape index (κ1) is 25.3. The molecule has 1 aliphatic heterocycles. The van der Waals surface area contributed by atoms with Gasteiger partial charge in [-0.2, -0.15) is 0 Å². The molecule has 188 valence electrons. The second-order valence-corrected chi connectivity index (χ2v) is 10.2. The van der Waals surface area contributed by atoms with Crippen LogP contribution in [0.2, 0.25) is 5.02 Å². The van der Waals surface area contributed by atoms with E-state index < -0.39 is 28.0 Å². The van der Waals surface area contributed by atoms with Gasteiger partial charge in [0, 0.05) is 30.2 Å². The number of amides is 3. The summed E-state index contributed by atoms with van der Waals surface area (Å²) in [5.74, 6) is 0.563. The molecule has 1 unspecified atom stereocenters. The van der Waals surface area contributed by atoms with Crippen molar-refractivity contribution in [3.8, 4) is 11.5 Å². The molecule has 0 aromatic heterocycles. The summed E-state index contributed by atoms with van der Waals surface area (Å²) in [5, 5.41) is 2.92. The van der Waals surface area contributed by atoms with Gasteiger partial charge in [-0.1, -0.05) is 48.0 Å². The van der Waals surface area contributed by atoms with Gasteiger partial charge in [-0.05, 0) is 42.3 Å². The van der Waals surface area contributed by atoms with Crippen LogP contribution in [0.4, 0.5) is 10.5 Å². The number of fused-ring (bicyclic) bond motifs is 1. The van der Waals surface area contributed by atoms with Crippen LogP contribution < -0.4 is 24.4 Å². The number of carbonyl (C=O) groups excluding carboxylic acids is 2. The number of nitrogens with zero attached hydrogens (tertiary/aromatic N) is 1. The van der Waals surface area contributed by atoms with E-state index in [0.717, 1.165) is 0 Å². The van der Waals surface area contributed by atoms with Gasteiger partial charge in [0.1, 0.15) is 6.04 Å². The highest BCUT2D eigenvalue weighted by atomic mass is 35.5. The number of nitrogens with one attached hydrogen (secondary N) is 2. The van der Waals surface area contributed by atoms with Gasteiger partial charge in [-0.25, -0.2) is 17.9 Å². The quantitative estimate of drug-likeness (QED) is 0.483. The van der Waals surface area contributed by atoms with Gasteiger partial charge in [0.25, 0.3) is 10.0 Å². The van der Waals surface area contributed by atoms with E-state index in [-0.39, 0.29) is 18.1 Å². The van der Waals surface area contributed by atoms with Crippen molar-refractivity contribution in [1.29, 1.82) is 0 Å². The standard InChI is InChI=1S/C25H24ClN3O6S/c1-16-7-3-6-10-23(16)36(32,33)28-25(31)27-20(13-17-8-4-5-9-19(17)26)24(30)29(2)18-11-12-21-22(14-18)35-15-34-21/h3-12,14,20H,13,15H2,1-2H3,(H2,27,28,31). The molecule has 0 saturated heterocycles. The smallest absolute Gasteiger partial charge is 0.329 e. The third-order valence-electron chi connectivity index (χ3n) is 5.67. The fraction of sp³-hybridized carbons (Fsp3) is 0.200. The lowest BCUT2D eigenvalue weighted by atomic mass is 10.0. The Morgan fingerprint density at radius 1 is 1.03 bits per heavy atom. The summed E-state index contributed by atoms with van der Waals surface area (Å²) in [6.45, 7) is 1.71. The van der Waals surface area contributed by atoms with Gasteiger partial charge in [-0.3, -0.25) is 4.79 Å². The predicted molar refractivity (Wildman–Crippen MR) is 135 cm³/mol. The van der Waals surface area contributed by atoms with Crippen LogP contribution in [0.3, 0.4) is 0 Å². The van der Waals surface area contributed by atoms with Gasteiger partial charge >= 0.3 is 6.03 Å². The number of sulfonamides is 1. The maximum absolute atomic E-state index is 13.5. The largest absolute Gasteiger partial charge is 0.454 e. The summed E-state index contributed by atoms with van der Waals surface area (Å²) >= 11 is 6.29. The first-order valence-electron chi connectivity index (χ1n) is 11.0. The average molecular weight is 530 g/mol. The number of ether oxygens (including phenoxy) is 2. The van der Waals surface area contributed by atoms with E-state index in [2.05, 4.69) is 5.32 Å². The third-order valence-corrected chi connectivity index (χ3v) is 7.53. The van der Waals surface area contributed by atoms with Crippen molar-refractivity contribution >= 4 is 39.2 Å². The maximum Gasteiger partial charge on any atom is 0.329 e. The number of carbonyl (C=O) groups is 2. The number of anilines is 1. The molecule has 0 aliphatic carbocycles. The molecule has 0 radical (unpaired) electrons. The molecule has 2 N–H and O–H groups in total. The topological polar surface area (TPSA) is 114 Å². The molecule has 0 saturated carbocycles. The van der Waals surface area contributed by atoms with Crippen LogP contribution in [0, 0.1) is 6.92 Å². The zero-order valence-corrected chi connectivity index (χ0v) is 21.1. The van der Waals surface area contributed by atoms with Gasteiger partial charge < -0.3 is 19.7 Å². The summed E-state index contributed by atoms with van der Waals surface area (Å²) < 4.78 is 38.2. The summed E-state index contributed by atoms with van der Waals surface area (Å²) in [6.07, 6.45) is 0.0330. The first-order valence-corrected chi connectivity index (χ1v) is 12.8. The summed E-state index contributed by atoms with van der Waals surface area (Å²) in [5.41, 5.74) is 1.59. The molecule has 0 bridgehead atoms. The minimum Gasteiger partial charge on any atom is -0.454 e. The Morgan fingerprint density at radius 3 is 2.47 bits per heavy atom. The summed E-state index contributed by atoms with van der Waals surface area (Å²) in [6, 6.07) is 16.0. The molecule has 36 heavy (non-hydrogen) atoms. The van der Waals surface area contributed by atoms with E-state index in [1.807, 2.05) is 4.72 Å². The number of halogens is 1. The van der Waals surface area contributed by atoms with Crippen molar-refractivity contribution < 1.29 is 27.5 Å². The number of likely N-dealkylation sites (N-methyl/N-ethyl adjacent to an activating group) is 1. The molecule has 0 spiro atoms. The number of urea groups is 1. The van der Waals surface area contributed by atoms with Crippen molar-refractivity contribution in [1.82, 2.24) is 10.0 Å². The van der Waals surface area contributed by atoms with E-state index in [9.17, 15) is 18.0 Å². The first-order chi connectivity index (χ1) is 17.2. The van der Waals surface area contributed by atoms with Gasteiger partial charge in [0.05, 0.1) is 4.90 Å². The lowest BCUT2D eigenvalue weighted by Gasteiger charge is -2.25. The number of aryl methyl sites for hydroxylation is 1. The highest BCUT2D eigenvalue weighted by Crippen LogP contribution is 2.35. The molecule has 1 atom stereocenters. The van der Waals surface area contributed by atoms with Gasteiger partial charge in [-0.15, -0.1) is 0 Å². The van der Waals surface area contributed by atoms with E-state index in [0.29, 0.717) is 33.3 Å². The van der Waals surface area contributed by atoms with Crippen molar-refractivity contribution in [3.05, 3.63) is 82.9 Å². The summed E-state index contributed by atoms with van der Waals surface area (Å²) in [7, 11) is -2.62. The van der Waals surface area contributed by atoms with Gasteiger partial charge in [0.15, 0.2) is 11.5 Å². The molecule has 0 fully saturated rings. The number of benzene rings is 3. The molecule has 3 aromatic carbocycles. The molecular formula is C25H24ClN3O6S. The SMILES string of the molecule is Cc1ccccc1S(=O)(=O)NC(=O)NC(Cc1ccccc1Cl)C(=O)N(C)c1ccc2c(c1)OCO2. The fourth-order valence-electron chi connectivity index (χ4n) is 3.76. The molecule has 4 rings (SSSR count). The number of hydrogen-bond acceptors (Lipinski definition) is 6. The third kappa shape index (κ3) is 5.55.